The topological polar surface area (TPSA) is 0 Å². The van der Waals surface area contributed by atoms with E-state index >= 15 is 0 Å². The molecule has 116 atom stereocenters. The van der Waals surface area contributed by atoms with Crippen molar-refractivity contribution in [2.75, 3.05) is 0 Å². The first-order chi connectivity index (χ1) is 64.8. The minimum atomic E-state index is 1.12. The zero-order chi connectivity index (χ0) is 68.8. The van der Waals surface area contributed by atoms with Crippen molar-refractivity contribution in [2.24, 2.45) is 452 Å². The molecule has 0 nitrogen and oxygen atoms in total. The van der Waals surface area contributed by atoms with Crippen LogP contribution in [-0.2, 0) is 0 Å². The molecule has 566 valence electrons. The third-order valence-electron chi connectivity index (χ3n) is 127. The summed E-state index contributed by atoms with van der Waals surface area (Å²) in [7, 11) is 0. The second kappa shape index (κ2) is 5.06. The third kappa shape index (κ3) is 0.642. The van der Waals surface area contributed by atoms with Crippen molar-refractivity contribution in [3.8, 4) is 0 Å². The Labute approximate surface area is 721 Å². The van der Waals surface area contributed by atoms with Gasteiger partial charge in [-0.3, -0.25) is 0 Å². The molecule has 0 aromatic carbocycles. The maximum Gasteiger partial charge on any atom is -0.000000205 e. The largest absolute Gasteiger partial charge is 0.0458 e. The van der Waals surface area contributed by atoms with Gasteiger partial charge in [0, 0.05) is 0 Å². The molecule has 0 heteroatoms. The van der Waals surface area contributed by atoms with Crippen molar-refractivity contribution in [1.82, 2.24) is 0 Å². The minimum absolute atomic E-state index is 1.12. The summed E-state index contributed by atoms with van der Waals surface area (Å²) in [6.45, 7) is 0. The first kappa shape index (κ1) is 38.5. The Hall–Kier alpha value is 0. The highest BCUT2D eigenvalue weighted by Gasteiger charge is 3.96. The molecule has 108 rings (SSSR count). The van der Waals surface area contributed by atoms with Gasteiger partial charge in [-0.2, -0.15) is 0 Å². The van der Waals surface area contributed by atoms with Crippen LogP contribution in [0.2, 0.25) is 0 Å². The summed E-state index contributed by atoms with van der Waals surface area (Å²) in [5.41, 5.74) is 103. The Bertz CT molecular complexity index is 10800. The first-order valence-electron chi connectivity index (χ1n) is 64.8. The Balaban J connectivity index is 0.542. The average molecular weight is 1610 g/mol. The number of fused-ring (bicyclic) bond motifs is 34. The zero-order valence-electron chi connectivity index (χ0n) is 68.8. The van der Waals surface area contributed by atoms with Gasteiger partial charge in [-0.25, -0.2) is 0 Å². The fourth-order valence-electron chi connectivity index (χ4n) is 171. The number of rotatable bonds is 0. The molecule has 108 fully saturated rings. The lowest BCUT2D eigenvalue weighted by Gasteiger charge is -3.87. The Morgan fingerprint density at radius 3 is 0.262 bits per heavy atom. The van der Waals surface area contributed by atoms with E-state index < -0.39 is 0 Å². The lowest BCUT2D eigenvalue weighted by atomic mass is 8.15. The molecule has 88 spiro atoms. The molecule has 108 saturated carbocycles. The molecule has 108 aliphatic rings. The maximum atomic E-state index is 1.97. The molecule has 0 aromatic heterocycles. The van der Waals surface area contributed by atoms with Crippen molar-refractivity contribution in [3.63, 3.8) is 0 Å². The molecular formula is C130H46. The van der Waals surface area contributed by atoms with Crippen LogP contribution in [-0.4, -0.2) is 0 Å². The van der Waals surface area contributed by atoms with Crippen LogP contribution in [0.25, 0.3) is 0 Å². The van der Waals surface area contributed by atoms with Crippen molar-refractivity contribution < 1.29 is 0 Å². The van der Waals surface area contributed by atoms with Crippen LogP contribution < -0.4 is 0 Å². The van der Waals surface area contributed by atoms with Gasteiger partial charge in [0.15, 0.2) is 0 Å². The van der Waals surface area contributed by atoms with Crippen LogP contribution in [0, 0.1) is 701 Å². The van der Waals surface area contributed by atoms with E-state index in [1.165, 1.54) is 496 Å². The van der Waals surface area contributed by atoms with Gasteiger partial charge >= 0.3 is 0 Å². The van der Waals surface area contributed by atoms with Crippen molar-refractivity contribution in [3.05, 3.63) is 249 Å². The minimum Gasteiger partial charge on any atom is -0.0458 e. The summed E-state index contributed by atoms with van der Waals surface area (Å²) < 4.78 is 0. The van der Waals surface area contributed by atoms with Gasteiger partial charge in [0.2, 0.25) is 0 Å². The normalized spacial score (nSPS) is 162. The van der Waals surface area contributed by atoms with Crippen LogP contribution in [0.15, 0.2) is 0 Å². The summed E-state index contributed by atoms with van der Waals surface area (Å²) in [5, 5.41) is 0. The zero-order valence-corrected chi connectivity index (χ0v) is 68.8. The molecule has 0 saturated heterocycles. The smallest absolute Gasteiger partial charge is 0.000000205 e. The van der Waals surface area contributed by atoms with Crippen molar-refractivity contribution >= 4 is 0 Å². The van der Waals surface area contributed by atoms with Gasteiger partial charge in [0.25, 0.3) is 0 Å². The van der Waals surface area contributed by atoms with E-state index in [4.69, 9.17) is 0 Å². The highest BCUT2D eigenvalue weighted by atomic mass is 16.0. The van der Waals surface area contributed by atoms with Gasteiger partial charge < -0.3 is 0 Å². The van der Waals surface area contributed by atoms with Crippen LogP contribution in [0.5, 0.6) is 0 Å². The van der Waals surface area contributed by atoms with Gasteiger partial charge in [-0.05, 0) is 727 Å². The third-order valence-corrected chi connectivity index (χ3v) is 127. The molecular weight excluding hydrogens is 1560 g/mol. The van der Waals surface area contributed by atoms with Gasteiger partial charge in [-0.1, -0.05) is 0 Å². The Morgan fingerprint density at radius 2 is 0.146 bits per heavy atom. The monoisotopic (exact) mass is 1610 g/mol. The molecule has 108 aliphatic carbocycles. The maximum absolute atomic E-state index is 1.97. The summed E-state index contributed by atoms with van der Waals surface area (Å²) in [6, 6.07) is 0. The van der Waals surface area contributed by atoms with Crippen LogP contribution >= 0.6 is 0 Å². The Kier molecular flexibility index (Phi) is 1.50. The van der Waals surface area contributed by atoms with Crippen molar-refractivity contribution in [1.29, 1.82) is 0 Å². The van der Waals surface area contributed by atoms with Gasteiger partial charge in [0.1, 0.15) is 0 Å². The second-order valence-electron chi connectivity index (χ2n) is 89.8. The van der Waals surface area contributed by atoms with E-state index in [2.05, 4.69) is 0 Å². The average Bonchev–Trinajstić information content (AvgIpc) is 0.386. The van der Waals surface area contributed by atoms with E-state index in [0.29, 0.717) is 0 Å². The lowest BCUT2D eigenvalue weighted by molar-refractivity contribution is -1.13. The van der Waals surface area contributed by atoms with Crippen LogP contribution in [0.3, 0.4) is 0 Å². The molecule has 0 aliphatic heterocycles. The standard InChI is InChI=1S/C130H46/c1-5-13-21-29-30-22-14-6-2-10-19-27-35-39-42-40-36-28-20-12-4-8-16-24-32-31-23-15-7-3-11-18-26-34-38-41-37-33-25-17-9(1)43(5)47(13)55(21)63(29)64(30)56(22)48(14)44(6,10)52(19)61(27)69(35)73(39)76(42)74(40)70(36)62(28)54(20)46(8,12)50(16)58(24)66(32)65(31)57(23)49(15)45(7,11)53(18)60(26)68(34)72(38)75(41)71(37)67(33)59(25)51(17,43)77(47)81(55)89(63)90(64)82(56)78(48,52)86(61)95(69)99(73)102(76)100(74)96(70)88(62)80(50,54)84(58)92(66)91(65)83(57)79(49,53)87(60)94(68)98(72)101(75)97(71)93(67)85(59,77)103(81)107(89)108(90)104(82,86)112(95)117(99)120(102)118(100)114(96)106(84,88)110(92)109(91)105(83,87)113(94)116(98)119(101)115(97)111(93,103)121(107)122(108,112)126(117)125(115,121)129(119)127(116)123(109,113)124(110,114)128(118,127)130(120,126)129/h5-42H,1-4H2. The van der Waals surface area contributed by atoms with E-state index in [9.17, 15) is 0 Å². The molecule has 0 radical (unpaired) electrons. The predicted molar refractivity (Wildman–Crippen MR) is 402 cm³/mol. The predicted octanol–water partition coefficient (Wildman–Crippen LogP) is 9.97. The molecule has 130 heavy (non-hydrogen) atoms. The molecule has 0 aromatic rings. The lowest BCUT2D eigenvalue weighted by Crippen LogP contribution is -3.81. The van der Waals surface area contributed by atoms with Crippen molar-refractivity contribution in [2.45, 2.75) is 25.7 Å². The molecule has 0 heterocycles. The number of hydrogen-bond donors (Lipinski definition) is 0. The number of hydrogen-bond acceptors (Lipinski definition) is 0. The summed E-state index contributed by atoms with van der Waals surface area (Å²) >= 11 is 0. The first-order valence-corrected chi connectivity index (χ1v) is 64.8. The summed E-state index contributed by atoms with van der Waals surface area (Å²) in [4.78, 5) is 0. The fraction of sp³-hybridized carbons (Fsp3) is 1.00. The van der Waals surface area contributed by atoms with Gasteiger partial charge in [-0.15, -0.1) is 0 Å². The summed E-state index contributed by atoms with van der Waals surface area (Å²) in [5.74, 6) is 56.1. The van der Waals surface area contributed by atoms with E-state index in [0.717, 1.165) is 206 Å². The molecule has 0 N–H and O–H groups in total. The molecule has 116 unspecified atom stereocenters. The Morgan fingerprint density at radius 1 is 0.0692 bits per heavy atom. The second-order valence-corrected chi connectivity index (χ2v) is 89.8. The quantitative estimate of drug-likeness (QED) is 0.227. The van der Waals surface area contributed by atoms with E-state index in [-0.39, 0.29) is 0 Å². The van der Waals surface area contributed by atoms with Crippen LogP contribution in [0.1, 0.15) is 25.7 Å². The fourth-order valence-corrected chi connectivity index (χ4v) is 171. The highest BCUT2D eigenvalue weighted by molar-refractivity contribution is 7.07. The SMILES string of the molecule is C1C2C3C4C5C6C7C8C9CC%10C%11C%12C%13C%14C%15C%16C%17C%18C%19C%20CC%21C%22C%23C%24C%25C%26C%27C%28CC%29C%30C%31C%32C%33C%34C%35C%36C%37C%38C1C21C32C43C54C65C76C87C9%10C%118C%129C%13%10C%14%11C%15%12C%16%13C%17%14C%18%15C%19%16C%21%20C%22%17C%23%18C%24%19C%25%20C%26%21C%27%22C%28%29C%30%23C%31%24C%32%25C%33%26C%34%27C%35%28C%36%29C%37%30C%381C21C32C43C54C65C78C96C%107C%118C%129C%13%10C%14%11C%15%12C%17%16C%18%13C%19%14C%20%15C%21%16C%22%23C%24%17C%25%18C%26%19C%27%20C%28%21C%29%22C%301C21C32C43C56C74C85C96C%107C%118C%13%12C%149C%15%10C%16%17C%18%11C%19%12C%20%13C%21%14C%221C21C34C52C%141C%131C%123C%10%11C98C73C621. The van der Waals surface area contributed by atoms with E-state index in [1.54, 1.807) is 0 Å². The summed E-state index contributed by atoms with van der Waals surface area (Å²) in [6.07, 6.45) is 7.90. The molecule has 0 amide bonds. The van der Waals surface area contributed by atoms with E-state index in [1.807, 2.05) is 25.7 Å². The molecule has 0 bridgehead atoms. The van der Waals surface area contributed by atoms with Crippen LogP contribution in [0.4, 0.5) is 0 Å². The highest BCUT2D eigenvalue weighted by Crippen LogP contribution is 4.02. The van der Waals surface area contributed by atoms with Gasteiger partial charge in [0.05, 0.1) is 0 Å².